The van der Waals surface area contributed by atoms with Crippen LogP contribution in [0.5, 0.6) is 0 Å². The van der Waals surface area contributed by atoms with Gasteiger partial charge in [0.2, 0.25) is 11.6 Å². The first-order valence-corrected chi connectivity index (χ1v) is 8.10. The molecule has 2 N–H and O–H groups in total. The molecule has 0 aromatic heterocycles. The number of aliphatic hydroxyl groups excluding tert-OH is 2. The third kappa shape index (κ3) is 10.2. The highest BCUT2D eigenvalue weighted by atomic mass is 16.5. The summed E-state index contributed by atoms with van der Waals surface area (Å²) in [6.07, 6.45) is 0. The summed E-state index contributed by atoms with van der Waals surface area (Å²) in [6, 6.07) is 17.2. The van der Waals surface area contributed by atoms with E-state index in [1.54, 1.807) is 48.5 Å². The van der Waals surface area contributed by atoms with E-state index in [2.05, 4.69) is 0 Å². The molecule has 5 heteroatoms. The van der Waals surface area contributed by atoms with Gasteiger partial charge in [0, 0.05) is 24.3 Å². The van der Waals surface area contributed by atoms with E-state index in [-0.39, 0.29) is 13.2 Å². The van der Waals surface area contributed by atoms with Crippen molar-refractivity contribution in [2.45, 2.75) is 13.8 Å². The fraction of sp³-hybridized carbons (Fsp3) is 0.300. The summed E-state index contributed by atoms with van der Waals surface area (Å²) in [7, 11) is 0. The minimum Gasteiger partial charge on any atom is -0.394 e. The summed E-state index contributed by atoms with van der Waals surface area (Å²) in [5, 5.41) is 15.2. The Morgan fingerprint density at radius 3 is 1.24 bits per heavy atom. The molecule has 0 spiro atoms. The van der Waals surface area contributed by atoms with E-state index in [1.807, 2.05) is 26.0 Å². The van der Waals surface area contributed by atoms with Gasteiger partial charge >= 0.3 is 0 Å². The summed E-state index contributed by atoms with van der Waals surface area (Å²) < 4.78 is 4.83. The first-order chi connectivity index (χ1) is 12.1. The normalized spacial score (nSPS) is 9.12. The van der Waals surface area contributed by atoms with E-state index in [9.17, 15) is 9.59 Å². The van der Waals surface area contributed by atoms with E-state index in [0.29, 0.717) is 11.1 Å². The first kappa shape index (κ1) is 22.7. The van der Waals surface area contributed by atoms with Crippen molar-refractivity contribution >= 4 is 11.6 Å². The lowest BCUT2D eigenvalue weighted by Crippen LogP contribution is -2.14. The van der Waals surface area contributed by atoms with Crippen LogP contribution in [-0.4, -0.2) is 48.2 Å². The van der Waals surface area contributed by atoms with Crippen molar-refractivity contribution in [2.75, 3.05) is 26.4 Å². The van der Waals surface area contributed by atoms with Gasteiger partial charge in [0.05, 0.1) is 13.2 Å². The minimum absolute atomic E-state index is 0.125. The van der Waals surface area contributed by atoms with Gasteiger partial charge in [-0.3, -0.25) is 9.59 Å². The number of ketones is 2. The zero-order valence-electron chi connectivity index (χ0n) is 14.7. The molecule has 2 aromatic rings. The average Bonchev–Trinajstić information content (AvgIpc) is 2.69. The second kappa shape index (κ2) is 15.2. The molecule has 25 heavy (non-hydrogen) atoms. The number of Topliss-reactive ketones (excluding diaryl/α,β-unsaturated/α-hetero) is 2. The lowest BCUT2D eigenvalue weighted by atomic mass is 10.0. The maximum atomic E-state index is 11.8. The quantitative estimate of drug-likeness (QED) is 0.621. The van der Waals surface area contributed by atoms with Crippen LogP contribution in [0.15, 0.2) is 60.7 Å². The topological polar surface area (TPSA) is 83.8 Å². The highest BCUT2D eigenvalue weighted by molar-refractivity contribution is 6.49. The highest BCUT2D eigenvalue weighted by Crippen LogP contribution is 2.07. The Hall–Kier alpha value is -2.34. The monoisotopic (exact) mass is 346 g/mol. The number of aliphatic hydroxyl groups is 2. The van der Waals surface area contributed by atoms with E-state index < -0.39 is 11.6 Å². The number of hydrogen-bond donors (Lipinski definition) is 2. The molecule has 0 aliphatic carbocycles. The van der Waals surface area contributed by atoms with Gasteiger partial charge in [-0.25, -0.2) is 0 Å². The Labute approximate surface area is 148 Å². The van der Waals surface area contributed by atoms with Crippen LogP contribution in [0.2, 0.25) is 0 Å². The van der Waals surface area contributed by atoms with Crippen molar-refractivity contribution in [3.8, 4) is 0 Å². The second-order valence-electron chi connectivity index (χ2n) is 4.62. The van der Waals surface area contributed by atoms with Crippen LogP contribution in [0.3, 0.4) is 0 Å². The smallest absolute Gasteiger partial charge is 0.233 e. The zero-order valence-corrected chi connectivity index (χ0v) is 14.7. The molecule has 0 heterocycles. The van der Waals surface area contributed by atoms with Crippen LogP contribution < -0.4 is 0 Å². The maximum Gasteiger partial charge on any atom is 0.233 e. The summed E-state index contributed by atoms with van der Waals surface area (Å²) in [5.41, 5.74) is 0.854. The third-order valence-corrected chi connectivity index (χ3v) is 2.79. The largest absolute Gasteiger partial charge is 0.394 e. The molecule has 0 saturated carbocycles. The van der Waals surface area contributed by atoms with Crippen LogP contribution >= 0.6 is 0 Å². The molecule has 2 aromatic carbocycles. The molecule has 0 bridgehead atoms. The van der Waals surface area contributed by atoms with E-state index >= 15 is 0 Å². The van der Waals surface area contributed by atoms with Gasteiger partial charge in [-0.15, -0.1) is 0 Å². The molecule has 2 rings (SSSR count). The third-order valence-electron chi connectivity index (χ3n) is 2.79. The molecular weight excluding hydrogens is 320 g/mol. The molecule has 136 valence electrons. The van der Waals surface area contributed by atoms with Gasteiger partial charge in [0.25, 0.3) is 0 Å². The van der Waals surface area contributed by atoms with E-state index in [0.717, 1.165) is 13.2 Å². The van der Waals surface area contributed by atoms with Gasteiger partial charge in [0.15, 0.2) is 0 Å². The van der Waals surface area contributed by atoms with Gasteiger partial charge in [-0.1, -0.05) is 60.7 Å². The van der Waals surface area contributed by atoms with Gasteiger partial charge in [-0.05, 0) is 13.8 Å². The predicted molar refractivity (Wildman–Crippen MR) is 97.9 cm³/mol. The molecule has 0 fully saturated rings. The Morgan fingerprint density at radius 1 is 0.720 bits per heavy atom. The molecule has 0 saturated heterocycles. The standard InChI is InChI=1S/C14H10O2.C4H10O.C2H6O2/c15-13(11-7-3-1-4-8-11)14(16)12-9-5-2-6-10-12;1-3-5-4-2;3-1-2-4/h1-10H;3-4H2,1-2H3;3-4H,1-2H2. The molecule has 0 radical (unpaired) electrons. The Kier molecular flexibility index (Phi) is 13.8. The Bertz CT molecular complexity index is 528. The number of carbonyl (C=O) groups is 2. The number of carbonyl (C=O) groups excluding carboxylic acids is 2. The zero-order chi connectivity index (χ0) is 18.9. The predicted octanol–water partition coefficient (Wildman–Crippen LogP) is 2.77. The Morgan fingerprint density at radius 2 is 1.04 bits per heavy atom. The SMILES string of the molecule is CCOCC.O=C(C(=O)c1ccccc1)c1ccccc1.OCCO. The van der Waals surface area contributed by atoms with Crippen LogP contribution in [0.4, 0.5) is 0 Å². The van der Waals surface area contributed by atoms with Crippen molar-refractivity contribution in [2.24, 2.45) is 0 Å². The Balaban J connectivity index is 0.000000536. The van der Waals surface area contributed by atoms with Crippen molar-refractivity contribution in [3.05, 3.63) is 71.8 Å². The molecule has 5 nitrogen and oxygen atoms in total. The minimum atomic E-state index is -0.466. The molecule has 0 aliphatic heterocycles. The number of rotatable bonds is 6. The van der Waals surface area contributed by atoms with Crippen molar-refractivity contribution in [1.82, 2.24) is 0 Å². The first-order valence-electron chi connectivity index (χ1n) is 8.10. The summed E-state index contributed by atoms with van der Waals surface area (Å²) in [5.74, 6) is -0.932. The molecule has 0 unspecified atom stereocenters. The average molecular weight is 346 g/mol. The van der Waals surface area contributed by atoms with Crippen LogP contribution in [0.1, 0.15) is 34.6 Å². The molecule has 0 atom stereocenters. The molecule has 0 amide bonds. The van der Waals surface area contributed by atoms with Crippen molar-refractivity contribution in [1.29, 1.82) is 0 Å². The van der Waals surface area contributed by atoms with Crippen LogP contribution in [-0.2, 0) is 4.74 Å². The molecule has 0 aliphatic rings. The number of benzene rings is 2. The summed E-state index contributed by atoms with van der Waals surface area (Å²) in [6.45, 7) is 5.42. The molecular formula is C20H26O5. The number of hydrogen-bond acceptors (Lipinski definition) is 5. The van der Waals surface area contributed by atoms with Crippen LogP contribution in [0, 0.1) is 0 Å². The van der Waals surface area contributed by atoms with E-state index in [1.165, 1.54) is 0 Å². The highest BCUT2D eigenvalue weighted by Gasteiger charge is 2.16. The van der Waals surface area contributed by atoms with Crippen LogP contribution in [0.25, 0.3) is 0 Å². The van der Waals surface area contributed by atoms with Gasteiger partial charge in [-0.2, -0.15) is 0 Å². The second-order valence-corrected chi connectivity index (χ2v) is 4.62. The lowest BCUT2D eigenvalue weighted by molar-refractivity contribution is 0.0817. The maximum absolute atomic E-state index is 11.8. The van der Waals surface area contributed by atoms with Crippen molar-refractivity contribution in [3.63, 3.8) is 0 Å². The lowest BCUT2D eigenvalue weighted by Gasteiger charge is -1.99. The number of ether oxygens (including phenoxy) is 1. The van der Waals surface area contributed by atoms with Crippen molar-refractivity contribution < 1.29 is 24.5 Å². The van der Waals surface area contributed by atoms with Gasteiger partial charge < -0.3 is 14.9 Å². The fourth-order valence-electron chi connectivity index (χ4n) is 1.65. The van der Waals surface area contributed by atoms with Gasteiger partial charge in [0.1, 0.15) is 0 Å². The summed E-state index contributed by atoms with van der Waals surface area (Å²) >= 11 is 0. The van der Waals surface area contributed by atoms with E-state index in [4.69, 9.17) is 14.9 Å². The summed E-state index contributed by atoms with van der Waals surface area (Å²) in [4.78, 5) is 23.6. The fourth-order valence-corrected chi connectivity index (χ4v) is 1.65.